The van der Waals surface area contributed by atoms with Crippen molar-refractivity contribution in [3.8, 4) is 0 Å². The van der Waals surface area contributed by atoms with Crippen molar-refractivity contribution in [3.05, 3.63) is 65.7 Å². The molecule has 116 valence electrons. The molecule has 1 unspecified atom stereocenters. The van der Waals surface area contributed by atoms with Gasteiger partial charge < -0.3 is 9.64 Å². The maximum atomic E-state index is 12.8. The average Bonchev–Trinajstić information content (AvgIpc) is 2.55. The standard InChI is InChI=1S/C19H23NO2/c1-14(2)16-11-8-12-17(13-16)20(3)19(21)18(22-4)15-9-6-5-7-10-15/h5-14,18H,1-4H3. The predicted molar refractivity (Wildman–Crippen MR) is 90.1 cm³/mol. The minimum absolute atomic E-state index is 0.0744. The molecule has 0 aliphatic rings. The molecule has 0 fully saturated rings. The Labute approximate surface area is 132 Å². The van der Waals surface area contributed by atoms with Crippen LogP contribution in [-0.4, -0.2) is 20.1 Å². The first-order valence-electron chi connectivity index (χ1n) is 7.50. The molecule has 0 aromatic heterocycles. The summed E-state index contributed by atoms with van der Waals surface area (Å²) in [5.41, 5.74) is 2.96. The van der Waals surface area contributed by atoms with Gasteiger partial charge >= 0.3 is 0 Å². The van der Waals surface area contributed by atoms with Crippen LogP contribution in [0.25, 0.3) is 0 Å². The molecule has 0 spiro atoms. The van der Waals surface area contributed by atoms with Crippen LogP contribution in [0.15, 0.2) is 54.6 Å². The van der Waals surface area contributed by atoms with Crippen molar-refractivity contribution in [1.82, 2.24) is 0 Å². The average molecular weight is 297 g/mol. The third-order valence-corrected chi connectivity index (χ3v) is 3.82. The van der Waals surface area contributed by atoms with Gasteiger partial charge in [-0.25, -0.2) is 0 Å². The largest absolute Gasteiger partial charge is 0.367 e. The summed E-state index contributed by atoms with van der Waals surface area (Å²) in [7, 11) is 3.35. The first kappa shape index (κ1) is 16.2. The van der Waals surface area contributed by atoms with E-state index >= 15 is 0 Å². The van der Waals surface area contributed by atoms with Crippen LogP contribution in [0.5, 0.6) is 0 Å². The van der Waals surface area contributed by atoms with Crippen LogP contribution in [-0.2, 0) is 9.53 Å². The molecule has 0 heterocycles. The number of ether oxygens (including phenoxy) is 1. The van der Waals surface area contributed by atoms with E-state index in [9.17, 15) is 4.79 Å². The highest BCUT2D eigenvalue weighted by Gasteiger charge is 2.24. The smallest absolute Gasteiger partial charge is 0.260 e. The fraction of sp³-hybridized carbons (Fsp3) is 0.316. The maximum absolute atomic E-state index is 12.8. The summed E-state index contributed by atoms with van der Waals surface area (Å²) >= 11 is 0. The number of nitrogens with zero attached hydrogens (tertiary/aromatic N) is 1. The van der Waals surface area contributed by atoms with Gasteiger partial charge in [0.15, 0.2) is 6.10 Å². The molecule has 0 bridgehead atoms. The van der Waals surface area contributed by atoms with Gasteiger partial charge in [-0.15, -0.1) is 0 Å². The third-order valence-electron chi connectivity index (χ3n) is 3.82. The molecule has 0 radical (unpaired) electrons. The molecular weight excluding hydrogens is 274 g/mol. The molecule has 0 aliphatic carbocycles. The number of benzene rings is 2. The Morgan fingerprint density at radius 2 is 1.64 bits per heavy atom. The molecule has 2 aromatic rings. The van der Waals surface area contributed by atoms with Crippen molar-refractivity contribution < 1.29 is 9.53 Å². The quantitative estimate of drug-likeness (QED) is 0.829. The van der Waals surface area contributed by atoms with Gasteiger partial charge in [0.1, 0.15) is 0 Å². The predicted octanol–water partition coefficient (Wildman–Crippen LogP) is 4.16. The summed E-state index contributed by atoms with van der Waals surface area (Å²) in [5, 5.41) is 0. The Bertz CT molecular complexity index is 622. The van der Waals surface area contributed by atoms with Gasteiger partial charge in [-0.1, -0.05) is 56.3 Å². The number of carbonyl (C=O) groups excluding carboxylic acids is 1. The molecule has 0 N–H and O–H groups in total. The van der Waals surface area contributed by atoms with E-state index in [1.807, 2.05) is 42.5 Å². The molecule has 2 aromatic carbocycles. The number of hydrogen-bond donors (Lipinski definition) is 0. The van der Waals surface area contributed by atoms with Gasteiger partial charge in [-0.3, -0.25) is 4.79 Å². The van der Waals surface area contributed by atoms with Crippen molar-refractivity contribution in [1.29, 1.82) is 0 Å². The van der Waals surface area contributed by atoms with E-state index in [1.165, 1.54) is 5.56 Å². The van der Waals surface area contributed by atoms with Gasteiger partial charge in [0.2, 0.25) is 0 Å². The lowest BCUT2D eigenvalue weighted by Crippen LogP contribution is -2.32. The molecule has 1 atom stereocenters. The van der Waals surface area contributed by atoms with Crippen LogP contribution in [0.3, 0.4) is 0 Å². The summed E-state index contributed by atoms with van der Waals surface area (Å²) in [6.45, 7) is 4.28. The summed E-state index contributed by atoms with van der Waals surface area (Å²) < 4.78 is 5.43. The van der Waals surface area contributed by atoms with Crippen molar-refractivity contribution in [3.63, 3.8) is 0 Å². The molecule has 22 heavy (non-hydrogen) atoms. The number of methoxy groups -OCH3 is 1. The van der Waals surface area contributed by atoms with E-state index in [1.54, 1.807) is 19.1 Å². The van der Waals surface area contributed by atoms with Gasteiger partial charge in [0.25, 0.3) is 5.91 Å². The maximum Gasteiger partial charge on any atom is 0.260 e. The fourth-order valence-electron chi connectivity index (χ4n) is 2.40. The van der Waals surface area contributed by atoms with Crippen molar-refractivity contribution >= 4 is 11.6 Å². The van der Waals surface area contributed by atoms with Gasteiger partial charge in [0, 0.05) is 19.8 Å². The minimum Gasteiger partial charge on any atom is -0.367 e. The summed E-state index contributed by atoms with van der Waals surface area (Å²) in [5.74, 6) is 0.352. The Hall–Kier alpha value is -2.13. The molecule has 2 rings (SSSR count). The number of rotatable bonds is 5. The van der Waals surface area contributed by atoms with Gasteiger partial charge in [-0.05, 0) is 29.2 Å². The summed E-state index contributed by atoms with van der Waals surface area (Å²) in [4.78, 5) is 14.4. The monoisotopic (exact) mass is 297 g/mol. The van der Waals surface area contributed by atoms with Crippen molar-refractivity contribution in [2.75, 3.05) is 19.1 Å². The normalized spacial score (nSPS) is 12.2. The molecule has 1 amide bonds. The van der Waals surface area contributed by atoms with Crippen LogP contribution < -0.4 is 4.90 Å². The van der Waals surface area contributed by atoms with Crippen molar-refractivity contribution in [2.24, 2.45) is 0 Å². The lowest BCUT2D eigenvalue weighted by atomic mass is 10.0. The highest BCUT2D eigenvalue weighted by molar-refractivity contribution is 5.96. The van der Waals surface area contributed by atoms with Gasteiger partial charge in [0.05, 0.1) is 0 Å². The third kappa shape index (κ3) is 3.55. The molecule has 0 saturated heterocycles. The lowest BCUT2D eigenvalue weighted by molar-refractivity contribution is -0.128. The number of amides is 1. The zero-order valence-electron chi connectivity index (χ0n) is 13.6. The second kappa shape index (κ2) is 7.23. The SMILES string of the molecule is COC(C(=O)N(C)c1cccc(C(C)C)c1)c1ccccc1. The Morgan fingerprint density at radius 3 is 2.23 bits per heavy atom. The van der Waals surface area contributed by atoms with Crippen LogP contribution >= 0.6 is 0 Å². The van der Waals surface area contributed by atoms with E-state index in [0.29, 0.717) is 5.92 Å². The van der Waals surface area contributed by atoms with E-state index in [-0.39, 0.29) is 5.91 Å². The molecule has 0 aliphatic heterocycles. The summed E-state index contributed by atoms with van der Waals surface area (Å²) in [6.07, 6.45) is -0.589. The van der Waals surface area contributed by atoms with Crippen LogP contribution in [0.1, 0.15) is 37.0 Å². The van der Waals surface area contributed by atoms with Gasteiger partial charge in [-0.2, -0.15) is 0 Å². The van der Waals surface area contributed by atoms with Crippen LogP contribution in [0.2, 0.25) is 0 Å². The summed E-state index contributed by atoms with van der Waals surface area (Å²) in [6, 6.07) is 17.6. The highest BCUT2D eigenvalue weighted by atomic mass is 16.5. The minimum atomic E-state index is -0.589. The molecule has 3 heteroatoms. The first-order chi connectivity index (χ1) is 10.5. The molecule has 3 nitrogen and oxygen atoms in total. The Balaban J connectivity index is 2.26. The second-order valence-corrected chi connectivity index (χ2v) is 5.67. The van der Waals surface area contributed by atoms with Crippen LogP contribution in [0, 0.1) is 0 Å². The first-order valence-corrected chi connectivity index (χ1v) is 7.50. The zero-order valence-corrected chi connectivity index (χ0v) is 13.6. The second-order valence-electron chi connectivity index (χ2n) is 5.67. The van der Waals surface area contributed by atoms with E-state index < -0.39 is 6.10 Å². The van der Waals surface area contributed by atoms with E-state index in [0.717, 1.165) is 11.3 Å². The topological polar surface area (TPSA) is 29.5 Å². The Kier molecular flexibility index (Phi) is 5.34. The molecular formula is C19H23NO2. The van der Waals surface area contributed by atoms with Crippen LogP contribution in [0.4, 0.5) is 5.69 Å². The van der Waals surface area contributed by atoms with Crippen molar-refractivity contribution in [2.45, 2.75) is 25.9 Å². The Morgan fingerprint density at radius 1 is 1.00 bits per heavy atom. The number of carbonyl (C=O) groups is 1. The number of likely N-dealkylation sites (N-methyl/N-ethyl adjacent to an activating group) is 1. The van der Waals surface area contributed by atoms with E-state index in [2.05, 4.69) is 26.0 Å². The number of anilines is 1. The highest BCUT2D eigenvalue weighted by Crippen LogP contribution is 2.25. The number of hydrogen-bond acceptors (Lipinski definition) is 2. The van der Waals surface area contributed by atoms with E-state index in [4.69, 9.17) is 4.74 Å². The fourth-order valence-corrected chi connectivity index (χ4v) is 2.40. The molecule has 0 saturated carbocycles. The zero-order chi connectivity index (χ0) is 16.1. The lowest BCUT2D eigenvalue weighted by Gasteiger charge is -2.24.